The molecule has 2 saturated carbocycles. The first kappa shape index (κ1) is 13.4. The van der Waals surface area contributed by atoms with Gasteiger partial charge in [0, 0.05) is 12.1 Å². The second-order valence-corrected chi connectivity index (χ2v) is 5.80. The zero-order valence-electron chi connectivity index (χ0n) is 11.2. The predicted octanol–water partition coefficient (Wildman–Crippen LogP) is 3.60. The number of rotatable bonds is 4. The minimum absolute atomic E-state index is 0.632. The summed E-state index contributed by atoms with van der Waals surface area (Å²) < 4.78 is 0. The van der Waals surface area contributed by atoms with Gasteiger partial charge >= 0.3 is 0 Å². The monoisotopic (exact) mass is 236 g/mol. The molecule has 0 amide bonds. The zero-order chi connectivity index (χ0) is 11.8. The summed E-state index contributed by atoms with van der Waals surface area (Å²) in [7, 11) is 0. The van der Waals surface area contributed by atoms with Gasteiger partial charge in [0.2, 0.25) is 0 Å². The van der Waals surface area contributed by atoms with Gasteiger partial charge in [-0.15, -0.1) is 0 Å². The predicted molar refractivity (Wildman–Crippen MR) is 72.1 cm³/mol. The molecule has 0 unspecified atom stereocenters. The summed E-state index contributed by atoms with van der Waals surface area (Å²) in [5, 5.41) is 9.60. The Morgan fingerprint density at radius 2 is 0.882 bits per heavy atom. The van der Waals surface area contributed by atoms with Crippen LogP contribution >= 0.6 is 0 Å². The molecule has 0 aromatic heterocycles. The van der Waals surface area contributed by atoms with E-state index in [-0.39, 0.29) is 0 Å². The van der Waals surface area contributed by atoms with E-state index in [9.17, 15) is 0 Å². The maximum absolute atomic E-state index is 4.80. The van der Waals surface area contributed by atoms with E-state index in [0.29, 0.717) is 12.1 Å². The first-order valence-electron chi connectivity index (χ1n) is 7.78. The molecular formula is C15H28N2. The van der Waals surface area contributed by atoms with Crippen LogP contribution in [-0.4, -0.2) is 18.8 Å². The lowest BCUT2D eigenvalue weighted by molar-refractivity contribution is 0.375. The van der Waals surface area contributed by atoms with Crippen molar-refractivity contribution in [3.63, 3.8) is 0 Å². The highest BCUT2D eigenvalue weighted by atomic mass is 15.1. The molecule has 0 spiro atoms. The fourth-order valence-corrected chi connectivity index (χ4v) is 3.16. The molecule has 2 nitrogen and oxygen atoms in total. The van der Waals surface area contributed by atoms with E-state index < -0.39 is 0 Å². The zero-order valence-corrected chi connectivity index (χ0v) is 11.2. The molecule has 2 rings (SSSR count). The van der Waals surface area contributed by atoms with Crippen LogP contribution < -0.4 is 10.6 Å². The van der Waals surface area contributed by atoms with Gasteiger partial charge < -0.3 is 0 Å². The highest BCUT2D eigenvalue weighted by Gasteiger charge is 2.15. The molecule has 0 aliphatic heterocycles. The van der Waals surface area contributed by atoms with Crippen molar-refractivity contribution in [2.75, 3.05) is 6.67 Å². The van der Waals surface area contributed by atoms with Crippen LogP contribution in [0.5, 0.6) is 0 Å². The fourth-order valence-electron chi connectivity index (χ4n) is 3.16. The molecule has 0 N–H and O–H groups in total. The van der Waals surface area contributed by atoms with E-state index in [1.54, 1.807) is 0 Å². The van der Waals surface area contributed by atoms with Crippen molar-refractivity contribution in [2.24, 2.45) is 0 Å². The second-order valence-electron chi connectivity index (χ2n) is 5.80. The lowest BCUT2D eigenvalue weighted by Crippen LogP contribution is -2.32. The Labute approximate surface area is 107 Å². The summed E-state index contributed by atoms with van der Waals surface area (Å²) in [6.45, 7) is 0.787. The van der Waals surface area contributed by atoms with Crippen LogP contribution in [-0.2, 0) is 0 Å². The average Bonchev–Trinajstić information content (AvgIpc) is 2.73. The maximum Gasteiger partial charge on any atom is 0.0794 e. The summed E-state index contributed by atoms with van der Waals surface area (Å²) in [6.07, 6.45) is 16.5. The molecule has 2 fully saturated rings. The van der Waals surface area contributed by atoms with Gasteiger partial charge in [0.15, 0.2) is 0 Å². The van der Waals surface area contributed by atoms with Gasteiger partial charge in [0.05, 0.1) is 6.67 Å². The molecule has 2 aliphatic carbocycles. The molecular weight excluding hydrogens is 208 g/mol. The van der Waals surface area contributed by atoms with Crippen LogP contribution in [0.3, 0.4) is 0 Å². The van der Waals surface area contributed by atoms with Crippen molar-refractivity contribution in [2.45, 2.75) is 89.1 Å². The Bertz CT molecular complexity index is 157. The van der Waals surface area contributed by atoms with Crippen molar-refractivity contribution in [1.82, 2.24) is 10.6 Å². The van der Waals surface area contributed by atoms with E-state index in [1.165, 1.54) is 77.0 Å². The highest BCUT2D eigenvalue weighted by Crippen LogP contribution is 2.19. The van der Waals surface area contributed by atoms with Gasteiger partial charge in [-0.25, -0.2) is 10.6 Å². The molecule has 0 aromatic carbocycles. The third-order valence-corrected chi connectivity index (χ3v) is 4.33. The number of hydrogen-bond donors (Lipinski definition) is 0. The molecule has 0 saturated heterocycles. The van der Waals surface area contributed by atoms with Crippen LogP contribution in [0.4, 0.5) is 0 Å². The van der Waals surface area contributed by atoms with Crippen LogP contribution in [0.2, 0.25) is 0 Å². The summed E-state index contributed by atoms with van der Waals surface area (Å²) in [6, 6.07) is 1.26. The summed E-state index contributed by atoms with van der Waals surface area (Å²) >= 11 is 0. The standard InChI is InChI=1S/C15H28N2/c1-2-6-10-14(9-5-1)16-13-17-15-11-7-3-4-8-12-15/h14-15H,1-13H2. The largest absolute Gasteiger partial charge is 0.222 e. The van der Waals surface area contributed by atoms with E-state index in [4.69, 9.17) is 10.6 Å². The Hall–Kier alpha value is -0.0800. The van der Waals surface area contributed by atoms with Gasteiger partial charge in [-0.1, -0.05) is 51.4 Å². The van der Waals surface area contributed by atoms with Gasteiger partial charge in [-0.05, 0) is 25.7 Å². The van der Waals surface area contributed by atoms with E-state index in [0.717, 1.165) is 6.67 Å². The average molecular weight is 236 g/mol. The van der Waals surface area contributed by atoms with E-state index in [2.05, 4.69) is 0 Å². The topological polar surface area (TPSA) is 28.2 Å². The molecule has 0 bridgehead atoms. The lowest BCUT2D eigenvalue weighted by atomic mass is 10.1. The van der Waals surface area contributed by atoms with Crippen LogP contribution in [0.15, 0.2) is 0 Å². The van der Waals surface area contributed by atoms with Gasteiger partial charge in [0.1, 0.15) is 0 Å². The third kappa shape index (κ3) is 5.39. The SMILES string of the molecule is C1CCCC([N]C[N]C2CCCCCC2)CC1. The molecule has 2 radical (unpaired) electrons. The maximum atomic E-state index is 4.80. The molecule has 0 atom stereocenters. The molecule has 2 heteroatoms. The van der Waals surface area contributed by atoms with Crippen molar-refractivity contribution in [3.05, 3.63) is 0 Å². The molecule has 0 aromatic rings. The van der Waals surface area contributed by atoms with Gasteiger partial charge in [0.25, 0.3) is 0 Å². The van der Waals surface area contributed by atoms with Crippen LogP contribution in [0, 0.1) is 0 Å². The fraction of sp³-hybridized carbons (Fsp3) is 1.00. The summed E-state index contributed by atoms with van der Waals surface area (Å²) in [5.41, 5.74) is 0. The third-order valence-electron chi connectivity index (χ3n) is 4.33. The van der Waals surface area contributed by atoms with Crippen LogP contribution in [0.25, 0.3) is 0 Å². The second kappa shape index (κ2) is 8.10. The number of hydrogen-bond acceptors (Lipinski definition) is 0. The van der Waals surface area contributed by atoms with Crippen molar-refractivity contribution < 1.29 is 0 Å². The van der Waals surface area contributed by atoms with Crippen molar-refractivity contribution >= 4 is 0 Å². The van der Waals surface area contributed by atoms with Crippen molar-refractivity contribution in [3.8, 4) is 0 Å². The summed E-state index contributed by atoms with van der Waals surface area (Å²) in [4.78, 5) is 0. The quantitative estimate of drug-likeness (QED) is 0.667. The smallest absolute Gasteiger partial charge is 0.0794 e. The minimum atomic E-state index is 0.632. The first-order valence-corrected chi connectivity index (χ1v) is 7.78. The first-order chi connectivity index (χ1) is 8.45. The molecule has 17 heavy (non-hydrogen) atoms. The Morgan fingerprint density at radius 1 is 0.529 bits per heavy atom. The van der Waals surface area contributed by atoms with Gasteiger partial charge in [-0.3, -0.25) is 0 Å². The highest BCUT2D eigenvalue weighted by molar-refractivity contribution is 4.73. The Morgan fingerprint density at radius 3 is 1.24 bits per heavy atom. The normalized spacial score (nSPS) is 25.4. The number of nitrogens with zero attached hydrogens (tertiary/aromatic N) is 2. The van der Waals surface area contributed by atoms with Crippen molar-refractivity contribution in [1.29, 1.82) is 0 Å². The minimum Gasteiger partial charge on any atom is -0.222 e. The molecule has 98 valence electrons. The molecule has 2 aliphatic rings. The van der Waals surface area contributed by atoms with Crippen LogP contribution in [0.1, 0.15) is 77.0 Å². The lowest BCUT2D eigenvalue weighted by Gasteiger charge is -2.17. The van der Waals surface area contributed by atoms with E-state index in [1.807, 2.05) is 0 Å². The van der Waals surface area contributed by atoms with E-state index >= 15 is 0 Å². The Kier molecular flexibility index (Phi) is 6.36. The molecule has 0 heterocycles. The Balaban J connectivity index is 1.57. The van der Waals surface area contributed by atoms with Gasteiger partial charge in [-0.2, -0.15) is 0 Å². The summed E-state index contributed by atoms with van der Waals surface area (Å²) in [5.74, 6) is 0.